The molecule has 1 aromatic carbocycles. The first-order valence-electron chi connectivity index (χ1n) is 7.62. The summed E-state index contributed by atoms with van der Waals surface area (Å²) in [5, 5.41) is 4.57. The number of rotatable bonds is 3. The van der Waals surface area contributed by atoms with Crippen molar-refractivity contribution >= 4 is 10.9 Å². The van der Waals surface area contributed by atoms with Crippen LogP contribution in [0.15, 0.2) is 29.1 Å². The Kier molecular flexibility index (Phi) is 3.88. The summed E-state index contributed by atoms with van der Waals surface area (Å²) in [5.74, 6) is 0.794. The lowest BCUT2D eigenvalue weighted by Gasteiger charge is -2.22. The predicted molar refractivity (Wildman–Crippen MR) is 83.2 cm³/mol. The van der Waals surface area contributed by atoms with Crippen molar-refractivity contribution < 1.29 is 0 Å². The molecule has 0 unspecified atom stereocenters. The Labute approximate surface area is 119 Å². The Hall–Kier alpha value is -1.61. The molecule has 2 heterocycles. The van der Waals surface area contributed by atoms with E-state index in [1.807, 2.05) is 19.1 Å². The average Bonchev–Trinajstić information content (AvgIpc) is 2.48. The SMILES string of the molecule is CCc1cc2cc(CC3CCNCC3)ccc2[nH]c1=O. The number of nitrogens with one attached hydrogen (secondary N) is 2. The van der Waals surface area contributed by atoms with Gasteiger partial charge in [0.2, 0.25) is 0 Å². The molecule has 2 aromatic rings. The maximum absolute atomic E-state index is 11.8. The maximum Gasteiger partial charge on any atom is 0.251 e. The average molecular weight is 270 g/mol. The zero-order valence-electron chi connectivity index (χ0n) is 12.0. The molecule has 3 heteroatoms. The fraction of sp³-hybridized carbons (Fsp3) is 0.471. The fourth-order valence-electron chi connectivity index (χ4n) is 3.11. The summed E-state index contributed by atoms with van der Waals surface area (Å²) in [5.41, 5.74) is 3.25. The first-order chi connectivity index (χ1) is 9.76. The lowest BCUT2D eigenvalue weighted by atomic mass is 9.90. The Morgan fingerprint density at radius 1 is 1.20 bits per heavy atom. The van der Waals surface area contributed by atoms with Gasteiger partial charge in [-0.05, 0) is 73.8 Å². The molecule has 3 nitrogen and oxygen atoms in total. The van der Waals surface area contributed by atoms with Crippen LogP contribution in [0.25, 0.3) is 10.9 Å². The lowest BCUT2D eigenvalue weighted by molar-refractivity contribution is 0.373. The summed E-state index contributed by atoms with van der Waals surface area (Å²) in [4.78, 5) is 14.8. The zero-order valence-corrected chi connectivity index (χ0v) is 12.0. The summed E-state index contributed by atoms with van der Waals surface area (Å²) in [7, 11) is 0. The molecule has 0 spiro atoms. The zero-order chi connectivity index (χ0) is 13.9. The van der Waals surface area contributed by atoms with Crippen LogP contribution in [0.3, 0.4) is 0 Å². The monoisotopic (exact) mass is 270 g/mol. The number of hydrogen-bond donors (Lipinski definition) is 2. The van der Waals surface area contributed by atoms with Gasteiger partial charge >= 0.3 is 0 Å². The van der Waals surface area contributed by atoms with Gasteiger partial charge in [-0.3, -0.25) is 4.79 Å². The lowest BCUT2D eigenvalue weighted by Crippen LogP contribution is -2.28. The van der Waals surface area contributed by atoms with Crippen molar-refractivity contribution in [2.75, 3.05) is 13.1 Å². The highest BCUT2D eigenvalue weighted by molar-refractivity contribution is 5.79. The summed E-state index contributed by atoms with van der Waals surface area (Å²) in [6.07, 6.45) is 4.47. The van der Waals surface area contributed by atoms with E-state index < -0.39 is 0 Å². The van der Waals surface area contributed by atoms with Crippen LogP contribution >= 0.6 is 0 Å². The molecule has 0 saturated carbocycles. The second kappa shape index (κ2) is 5.80. The van der Waals surface area contributed by atoms with E-state index in [4.69, 9.17) is 0 Å². The third-order valence-electron chi connectivity index (χ3n) is 4.35. The number of pyridine rings is 1. The third kappa shape index (κ3) is 2.78. The van der Waals surface area contributed by atoms with Crippen LogP contribution in [0.2, 0.25) is 0 Å². The van der Waals surface area contributed by atoms with Crippen LogP contribution in [0.5, 0.6) is 0 Å². The standard InChI is InChI=1S/C17H22N2O/c1-2-14-11-15-10-13(3-4-16(15)19-17(14)20)9-12-5-7-18-8-6-12/h3-4,10-12,18H,2,5-9H2,1H3,(H,19,20). The second-order valence-electron chi connectivity index (χ2n) is 5.80. The third-order valence-corrected chi connectivity index (χ3v) is 4.35. The first-order valence-corrected chi connectivity index (χ1v) is 7.62. The van der Waals surface area contributed by atoms with E-state index in [2.05, 4.69) is 22.4 Å². The van der Waals surface area contributed by atoms with Crippen LogP contribution in [0, 0.1) is 5.92 Å². The summed E-state index contributed by atoms with van der Waals surface area (Å²) in [6.45, 7) is 4.31. The Morgan fingerprint density at radius 2 is 2.00 bits per heavy atom. The van der Waals surface area contributed by atoms with Gasteiger partial charge in [0, 0.05) is 11.1 Å². The van der Waals surface area contributed by atoms with Crippen molar-refractivity contribution in [3.05, 3.63) is 45.7 Å². The largest absolute Gasteiger partial charge is 0.322 e. The highest BCUT2D eigenvalue weighted by Crippen LogP contribution is 2.21. The molecule has 0 atom stereocenters. The fourth-order valence-corrected chi connectivity index (χ4v) is 3.11. The molecule has 20 heavy (non-hydrogen) atoms. The van der Waals surface area contributed by atoms with E-state index >= 15 is 0 Å². The number of piperidine rings is 1. The molecule has 1 fully saturated rings. The van der Waals surface area contributed by atoms with Gasteiger partial charge in [-0.15, -0.1) is 0 Å². The van der Waals surface area contributed by atoms with E-state index in [1.165, 1.54) is 18.4 Å². The van der Waals surface area contributed by atoms with Crippen LogP contribution in [-0.4, -0.2) is 18.1 Å². The second-order valence-corrected chi connectivity index (χ2v) is 5.80. The minimum absolute atomic E-state index is 0.0473. The molecular weight excluding hydrogens is 248 g/mol. The predicted octanol–water partition coefficient (Wildman–Crippen LogP) is 2.63. The topological polar surface area (TPSA) is 44.9 Å². The van der Waals surface area contributed by atoms with Crippen molar-refractivity contribution in [2.45, 2.75) is 32.6 Å². The van der Waals surface area contributed by atoms with Crippen molar-refractivity contribution in [1.82, 2.24) is 10.3 Å². The first kappa shape index (κ1) is 13.4. The summed E-state index contributed by atoms with van der Waals surface area (Å²) in [6, 6.07) is 8.49. The number of fused-ring (bicyclic) bond motifs is 1. The van der Waals surface area contributed by atoms with E-state index in [9.17, 15) is 4.79 Å². The van der Waals surface area contributed by atoms with E-state index in [-0.39, 0.29) is 5.56 Å². The maximum atomic E-state index is 11.8. The molecule has 0 aliphatic carbocycles. The van der Waals surface area contributed by atoms with Crippen LogP contribution in [0.1, 0.15) is 30.9 Å². The highest BCUT2D eigenvalue weighted by Gasteiger charge is 2.13. The molecule has 1 saturated heterocycles. The van der Waals surface area contributed by atoms with Gasteiger partial charge < -0.3 is 10.3 Å². The molecule has 0 bridgehead atoms. The number of aromatic nitrogens is 1. The van der Waals surface area contributed by atoms with Gasteiger partial charge in [-0.2, -0.15) is 0 Å². The van der Waals surface area contributed by atoms with Crippen LogP contribution in [-0.2, 0) is 12.8 Å². The van der Waals surface area contributed by atoms with Gasteiger partial charge in [0.1, 0.15) is 0 Å². The minimum atomic E-state index is 0.0473. The van der Waals surface area contributed by atoms with Gasteiger partial charge in [0.05, 0.1) is 0 Å². The number of aryl methyl sites for hydroxylation is 1. The molecular formula is C17H22N2O. The smallest absolute Gasteiger partial charge is 0.251 e. The number of H-pyrrole nitrogens is 1. The van der Waals surface area contributed by atoms with Gasteiger partial charge in [-0.25, -0.2) is 0 Å². The number of hydrogen-bond acceptors (Lipinski definition) is 2. The molecule has 1 aliphatic heterocycles. The number of aromatic amines is 1. The Bertz CT molecular complexity index is 654. The molecule has 106 valence electrons. The van der Waals surface area contributed by atoms with Crippen LogP contribution < -0.4 is 10.9 Å². The molecule has 3 rings (SSSR count). The van der Waals surface area contributed by atoms with Gasteiger partial charge in [0.15, 0.2) is 0 Å². The summed E-state index contributed by atoms with van der Waals surface area (Å²) >= 11 is 0. The molecule has 0 amide bonds. The van der Waals surface area contributed by atoms with Gasteiger partial charge in [-0.1, -0.05) is 13.0 Å². The van der Waals surface area contributed by atoms with E-state index in [0.29, 0.717) is 0 Å². The summed E-state index contributed by atoms with van der Waals surface area (Å²) < 4.78 is 0. The molecule has 1 aromatic heterocycles. The van der Waals surface area contributed by atoms with Gasteiger partial charge in [0.25, 0.3) is 5.56 Å². The molecule has 2 N–H and O–H groups in total. The molecule has 0 radical (unpaired) electrons. The van der Waals surface area contributed by atoms with Crippen molar-refractivity contribution in [3.8, 4) is 0 Å². The van der Waals surface area contributed by atoms with E-state index in [0.717, 1.165) is 48.3 Å². The highest BCUT2D eigenvalue weighted by atomic mass is 16.1. The van der Waals surface area contributed by atoms with Crippen LogP contribution in [0.4, 0.5) is 0 Å². The quantitative estimate of drug-likeness (QED) is 0.900. The normalized spacial score (nSPS) is 16.6. The van der Waals surface area contributed by atoms with Crippen molar-refractivity contribution in [1.29, 1.82) is 0 Å². The van der Waals surface area contributed by atoms with E-state index in [1.54, 1.807) is 0 Å². The Balaban J connectivity index is 1.89. The van der Waals surface area contributed by atoms with Crippen molar-refractivity contribution in [2.24, 2.45) is 5.92 Å². The number of benzene rings is 1. The minimum Gasteiger partial charge on any atom is -0.322 e. The molecule has 1 aliphatic rings. The van der Waals surface area contributed by atoms with Crippen molar-refractivity contribution in [3.63, 3.8) is 0 Å². The Morgan fingerprint density at radius 3 is 2.75 bits per heavy atom.